The van der Waals surface area contributed by atoms with Crippen LogP contribution in [0.4, 0.5) is 0 Å². The van der Waals surface area contributed by atoms with E-state index in [4.69, 9.17) is 0 Å². The van der Waals surface area contributed by atoms with Crippen LogP contribution in [0.15, 0.2) is 65.8 Å². The summed E-state index contributed by atoms with van der Waals surface area (Å²) < 4.78 is 2.07. The van der Waals surface area contributed by atoms with Crippen molar-refractivity contribution >= 4 is 17.7 Å². The lowest BCUT2D eigenvalue weighted by molar-refractivity contribution is -0.120. The van der Waals surface area contributed by atoms with Gasteiger partial charge in [0.25, 0.3) is 0 Å². The maximum atomic E-state index is 12.7. The Balaban J connectivity index is 1.48. The first-order valence-electron chi connectivity index (χ1n) is 11.2. The fourth-order valence-corrected chi connectivity index (χ4v) is 5.01. The van der Waals surface area contributed by atoms with Crippen LogP contribution in [0.25, 0.3) is 5.69 Å². The standard InChI is InChI=1S/C25H30N4OS/c1-19(24(30)26-18-21-13-7-3-8-14-21)31-25-28-27-23(17-20-11-5-2-6-12-20)29(25)22-15-9-4-10-16-22/h2,4-6,9-12,15-16,19,21H,3,7-8,13-14,17-18H2,1H3,(H,26,30). The molecule has 0 bridgehead atoms. The number of nitrogens with zero attached hydrogens (tertiary/aromatic N) is 3. The molecule has 1 aliphatic carbocycles. The molecule has 0 radical (unpaired) electrons. The Labute approximate surface area is 188 Å². The van der Waals surface area contributed by atoms with Crippen molar-refractivity contribution in [2.24, 2.45) is 5.92 Å². The molecule has 0 spiro atoms. The summed E-state index contributed by atoms with van der Waals surface area (Å²) in [6, 6.07) is 20.4. The predicted molar refractivity (Wildman–Crippen MR) is 126 cm³/mol. The molecule has 1 amide bonds. The van der Waals surface area contributed by atoms with Crippen molar-refractivity contribution in [2.45, 2.75) is 55.9 Å². The van der Waals surface area contributed by atoms with Gasteiger partial charge in [-0.15, -0.1) is 10.2 Å². The van der Waals surface area contributed by atoms with Crippen LogP contribution < -0.4 is 5.32 Å². The third kappa shape index (κ3) is 5.76. The van der Waals surface area contributed by atoms with Crippen LogP contribution in [-0.4, -0.2) is 32.5 Å². The maximum absolute atomic E-state index is 12.7. The Kier molecular flexibility index (Phi) is 7.41. The minimum absolute atomic E-state index is 0.0720. The van der Waals surface area contributed by atoms with Gasteiger partial charge in [-0.25, -0.2) is 0 Å². The number of carbonyl (C=O) groups is 1. The average molecular weight is 435 g/mol. The second kappa shape index (κ2) is 10.6. The van der Waals surface area contributed by atoms with Gasteiger partial charge in [0.1, 0.15) is 5.82 Å². The van der Waals surface area contributed by atoms with Crippen molar-refractivity contribution in [1.29, 1.82) is 0 Å². The van der Waals surface area contributed by atoms with Gasteiger partial charge in [0.15, 0.2) is 5.16 Å². The highest BCUT2D eigenvalue weighted by molar-refractivity contribution is 8.00. The van der Waals surface area contributed by atoms with Crippen molar-refractivity contribution in [2.75, 3.05) is 6.54 Å². The molecular formula is C25H30N4OS. The number of amides is 1. The van der Waals surface area contributed by atoms with E-state index < -0.39 is 0 Å². The molecule has 0 aliphatic heterocycles. The highest BCUT2D eigenvalue weighted by Gasteiger charge is 2.22. The Hall–Kier alpha value is -2.60. The summed E-state index contributed by atoms with van der Waals surface area (Å²) in [6.07, 6.45) is 7.05. The quantitative estimate of drug-likeness (QED) is 0.505. The Morgan fingerprint density at radius 1 is 1.03 bits per heavy atom. The topological polar surface area (TPSA) is 59.8 Å². The summed E-state index contributed by atoms with van der Waals surface area (Å²) in [4.78, 5) is 12.7. The van der Waals surface area contributed by atoms with Crippen molar-refractivity contribution < 1.29 is 4.79 Å². The number of carbonyl (C=O) groups excluding carboxylic acids is 1. The van der Waals surface area contributed by atoms with Gasteiger partial charge in [-0.3, -0.25) is 9.36 Å². The molecule has 1 atom stereocenters. The Bertz CT molecular complexity index is 968. The van der Waals surface area contributed by atoms with Crippen molar-refractivity contribution in [3.63, 3.8) is 0 Å². The maximum Gasteiger partial charge on any atom is 0.233 e. The molecule has 1 heterocycles. The van der Waals surface area contributed by atoms with E-state index in [0.717, 1.165) is 23.2 Å². The molecule has 2 aromatic carbocycles. The van der Waals surface area contributed by atoms with E-state index in [9.17, 15) is 4.79 Å². The zero-order valence-corrected chi connectivity index (χ0v) is 18.9. The van der Waals surface area contributed by atoms with Crippen LogP contribution in [0.3, 0.4) is 0 Å². The molecule has 1 aliphatic rings. The van der Waals surface area contributed by atoms with Crippen LogP contribution in [-0.2, 0) is 11.2 Å². The van der Waals surface area contributed by atoms with E-state index in [1.165, 1.54) is 49.4 Å². The summed E-state index contributed by atoms with van der Waals surface area (Å²) in [6.45, 7) is 2.73. The molecule has 5 nitrogen and oxygen atoms in total. The first-order chi connectivity index (χ1) is 15.2. The van der Waals surface area contributed by atoms with Gasteiger partial charge < -0.3 is 5.32 Å². The number of aromatic nitrogens is 3. The molecule has 1 saturated carbocycles. The second-order valence-electron chi connectivity index (χ2n) is 8.24. The van der Waals surface area contributed by atoms with Crippen molar-refractivity contribution in [3.8, 4) is 5.69 Å². The van der Waals surface area contributed by atoms with E-state index in [2.05, 4.69) is 44.3 Å². The molecule has 1 unspecified atom stereocenters. The fourth-order valence-electron chi connectivity index (χ4n) is 4.10. The molecule has 31 heavy (non-hydrogen) atoms. The van der Waals surface area contributed by atoms with Gasteiger partial charge in [-0.1, -0.05) is 79.6 Å². The lowest BCUT2D eigenvalue weighted by atomic mass is 9.89. The van der Waals surface area contributed by atoms with Gasteiger partial charge in [-0.2, -0.15) is 0 Å². The zero-order chi connectivity index (χ0) is 21.5. The Morgan fingerprint density at radius 2 is 1.71 bits per heavy atom. The third-order valence-electron chi connectivity index (χ3n) is 5.86. The number of hydrogen-bond donors (Lipinski definition) is 1. The van der Waals surface area contributed by atoms with Gasteiger partial charge in [-0.05, 0) is 43.4 Å². The molecule has 4 rings (SSSR count). The van der Waals surface area contributed by atoms with Crippen molar-refractivity contribution in [3.05, 3.63) is 72.1 Å². The van der Waals surface area contributed by atoms with Gasteiger partial charge in [0.2, 0.25) is 5.91 Å². The van der Waals surface area contributed by atoms with Crippen LogP contribution >= 0.6 is 11.8 Å². The second-order valence-corrected chi connectivity index (χ2v) is 9.55. The van der Waals surface area contributed by atoms with Crippen molar-refractivity contribution in [1.82, 2.24) is 20.1 Å². The number of thioether (sulfide) groups is 1. The number of hydrogen-bond acceptors (Lipinski definition) is 4. The highest BCUT2D eigenvalue weighted by atomic mass is 32.2. The molecule has 1 aromatic heterocycles. The van der Waals surface area contributed by atoms with Crippen LogP contribution in [0.5, 0.6) is 0 Å². The van der Waals surface area contributed by atoms with Crippen LogP contribution in [0, 0.1) is 5.92 Å². The number of rotatable bonds is 8. The smallest absolute Gasteiger partial charge is 0.233 e. The number of para-hydroxylation sites is 1. The van der Waals surface area contributed by atoms with Gasteiger partial charge >= 0.3 is 0 Å². The SMILES string of the molecule is CC(Sc1nnc(Cc2ccccc2)n1-c1ccccc1)C(=O)NCC1CCCCC1. The lowest BCUT2D eigenvalue weighted by Gasteiger charge is -2.22. The molecule has 6 heteroatoms. The molecular weight excluding hydrogens is 404 g/mol. The number of nitrogens with one attached hydrogen (secondary N) is 1. The first-order valence-corrected chi connectivity index (χ1v) is 12.1. The van der Waals surface area contributed by atoms with E-state index in [1.807, 2.05) is 43.3 Å². The molecule has 3 aromatic rings. The normalized spacial score (nSPS) is 15.5. The predicted octanol–water partition coefficient (Wildman–Crippen LogP) is 5.04. The highest BCUT2D eigenvalue weighted by Crippen LogP contribution is 2.27. The fraction of sp³-hybridized carbons (Fsp3) is 0.400. The van der Waals surface area contributed by atoms with E-state index >= 15 is 0 Å². The molecule has 1 N–H and O–H groups in total. The van der Waals surface area contributed by atoms with E-state index in [1.54, 1.807) is 0 Å². The minimum atomic E-state index is -0.236. The summed E-state index contributed by atoms with van der Waals surface area (Å²) in [5.41, 5.74) is 2.19. The minimum Gasteiger partial charge on any atom is -0.355 e. The summed E-state index contributed by atoms with van der Waals surface area (Å²) in [7, 11) is 0. The summed E-state index contributed by atoms with van der Waals surface area (Å²) in [5.74, 6) is 1.57. The number of benzene rings is 2. The lowest BCUT2D eigenvalue weighted by Crippen LogP contribution is -2.35. The van der Waals surface area contributed by atoms with Gasteiger partial charge in [0.05, 0.1) is 5.25 Å². The van der Waals surface area contributed by atoms with Crippen LogP contribution in [0.1, 0.15) is 50.4 Å². The summed E-state index contributed by atoms with van der Waals surface area (Å²) >= 11 is 1.47. The third-order valence-corrected chi connectivity index (χ3v) is 6.90. The zero-order valence-electron chi connectivity index (χ0n) is 18.0. The van der Waals surface area contributed by atoms with Crippen LogP contribution in [0.2, 0.25) is 0 Å². The molecule has 1 fully saturated rings. The van der Waals surface area contributed by atoms with E-state index in [0.29, 0.717) is 12.3 Å². The molecule has 162 valence electrons. The van der Waals surface area contributed by atoms with E-state index in [-0.39, 0.29) is 11.2 Å². The first kappa shape index (κ1) is 21.6. The average Bonchev–Trinajstić information content (AvgIpc) is 3.21. The summed E-state index contributed by atoms with van der Waals surface area (Å²) in [5, 5.41) is 12.6. The monoisotopic (exact) mass is 434 g/mol. The Morgan fingerprint density at radius 3 is 2.42 bits per heavy atom. The van der Waals surface area contributed by atoms with Gasteiger partial charge in [0, 0.05) is 18.7 Å². The largest absolute Gasteiger partial charge is 0.355 e. The molecule has 0 saturated heterocycles.